The van der Waals surface area contributed by atoms with Crippen molar-refractivity contribution in [1.29, 1.82) is 0 Å². The average Bonchev–Trinajstić information content (AvgIpc) is 3.95. The van der Waals surface area contributed by atoms with Crippen molar-refractivity contribution < 1.29 is 43.3 Å². The first-order valence-electron chi connectivity index (χ1n) is 24.1. The number of carbonyl (C=O) groups excluding carboxylic acids is 4. The van der Waals surface area contributed by atoms with Gasteiger partial charge in [0.2, 0.25) is 0 Å². The fourth-order valence-electron chi connectivity index (χ4n) is 9.91. The average molecular weight is 988 g/mol. The predicted octanol–water partition coefficient (Wildman–Crippen LogP) is 5.37. The van der Waals surface area contributed by atoms with Crippen LogP contribution in [0.2, 0.25) is 5.15 Å². The van der Waals surface area contributed by atoms with Crippen LogP contribution in [0.15, 0.2) is 48.8 Å². The first-order valence-corrected chi connectivity index (χ1v) is 24.4. The lowest BCUT2D eigenvalue weighted by atomic mass is 9.90. The maximum atomic E-state index is 13.7. The van der Waals surface area contributed by atoms with Crippen molar-refractivity contribution in [3.63, 3.8) is 0 Å². The van der Waals surface area contributed by atoms with Crippen molar-refractivity contribution in [3.8, 4) is 11.3 Å². The molecule has 376 valence electrons. The summed E-state index contributed by atoms with van der Waals surface area (Å²) in [5, 5.41) is 31.0. The second-order valence-electron chi connectivity index (χ2n) is 20.8. The molecule has 1 aromatic carbocycles. The van der Waals surface area contributed by atoms with E-state index in [1.165, 1.54) is 12.1 Å². The molecule has 0 bridgehead atoms. The lowest BCUT2D eigenvalue weighted by Crippen LogP contribution is -2.65. The van der Waals surface area contributed by atoms with Crippen molar-refractivity contribution in [2.45, 2.75) is 115 Å². The summed E-state index contributed by atoms with van der Waals surface area (Å²) < 4.78 is 27.2. The second kappa shape index (κ2) is 19.5. The van der Waals surface area contributed by atoms with E-state index in [1.807, 2.05) is 61.5 Å². The SMILES string of the molecule is CC(C)c1cc(-c2ccc(F)cc2)nn2cc(C(=O)N3CCN(C(=O)C4(O)CCOCC4)CC3(C)C)nc12.CC(C)c1cc(Cl)nn2cc(C(=O)N3CCN(C(=O)C4(O)CCOCC4)CC3(C)C)nc12. The van der Waals surface area contributed by atoms with Gasteiger partial charge in [-0.15, -0.1) is 0 Å². The molecule has 9 rings (SSSR count). The first kappa shape index (κ1) is 50.8. The Morgan fingerprint density at radius 2 is 1.06 bits per heavy atom. The van der Waals surface area contributed by atoms with Gasteiger partial charge in [0.05, 0.1) is 29.2 Å². The number of aromatic nitrogens is 6. The Labute approximate surface area is 411 Å². The number of nitrogens with zero attached hydrogens (tertiary/aromatic N) is 10. The molecule has 0 atom stereocenters. The first-order chi connectivity index (χ1) is 33.0. The summed E-state index contributed by atoms with van der Waals surface area (Å²) in [6, 6.07) is 9.86. The molecule has 4 amide bonds. The second-order valence-corrected chi connectivity index (χ2v) is 21.2. The maximum Gasteiger partial charge on any atom is 0.274 e. The topological polar surface area (TPSA) is 201 Å². The van der Waals surface area contributed by atoms with Crippen molar-refractivity contribution in [2.24, 2.45) is 0 Å². The minimum absolute atomic E-state index is 0.118. The minimum Gasteiger partial charge on any atom is -0.381 e. The molecule has 0 saturated carbocycles. The van der Waals surface area contributed by atoms with Gasteiger partial charge in [-0.2, -0.15) is 10.2 Å². The molecule has 5 aromatic rings. The fourth-order valence-corrected chi connectivity index (χ4v) is 10.1. The van der Waals surface area contributed by atoms with Gasteiger partial charge in [0.1, 0.15) is 33.6 Å². The molecule has 4 aliphatic heterocycles. The number of fused-ring (bicyclic) bond motifs is 2. The monoisotopic (exact) mass is 986 g/mol. The van der Waals surface area contributed by atoms with Gasteiger partial charge in [0.15, 0.2) is 11.3 Å². The summed E-state index contributed by atoms with van der Waals surface area (Å²) in [6.07, 6.45) is 4.37. The molecule has 18 nitrogen and oxygen atoms in total. The Hall–Kier alpha value is -5.60. The van der Waals surface area contributed by atoms with Crippen LogP contribution in [0, 0.1) is 5.82 Å². The normalized spacial score (nSPS) is 19.9. The maximum absolute atomic E-state index is 13.7. The zero-order valence-corrected chi connectivity index (χ0v) is 42.0. The van der Waals surface area contributed by atoms with E-state index < -0.39 is 22.3 Å². The third-order valence-electron chi connectivity index (χ3n) is 14.0. The van der Waals surface area contributed by atoms with Gasteiger partial charge in [-0.05, 0) is 75.9 Å². The number of hydrogen-bond acceptors (Lipinski definition) is 12. The molecule has 0 unspecified atom stereocenters. The Morgan fingerprint density at radius 1 is 0.643 bits per heavy atom. The summed E-state index contributed by atoms with van der Waals surface area (Å²) in [7, 11) is 0. The van der Waals surface area contributed by atoms with Crippen molar-refractivity contribution in [2.75, 3.05) is 65.7 Å². The van der Waals surface area contributed by atoms with Gasteiger partial charge in [-0.3, -0.25) is 19.2 Å². The smallest absolute Gasteiger partial charge is 0.274 e. The Bertz CT molecular complexity index is 2780. The summed E-state index contributed by atoms with van der Waals surface area (Å²) in [5.74, 6) is -1.07. The van der Waals surface area contributed by atoms with Gasteiger partial charge in [-0.25, -0.2) is 23.4 Å². The summed E-state index contributed by atoms with van der Waals surface area (Å²) in [5.41, 5.74) is 0.947. The zero-order valence-electron chi connectivity index (χ0n) is 41.2. The van der Waals surface area contributed by atoms with Gasteiger partial charge >= 0.3 is 0 Å². The van der Waals surface area contributed by atoms with Crippen LogP contribution in [0.4, 0.5) is 4.39 Å². The van der Waals surface area contributed by atoms with E-state index >= 15 is 0 Å². The predicted molar refractivity (Wildman–Crippen MR) is 258 cm³/mol. The molecule has 0 aliphatic carbocycles. The lowest BCUT2D eigenvalue weighted by molar-refractivity contribution is -0.164. The fraction of sp³-hybridized carbons (Fsp3) is 0.560. The number of imidazole rings is 2. The number of aliphatic hydroxyl groups is 2. The molecular weight excluding hydrogens is 923 g/mol. The highest BCUT2D eigenvalue weighted by molar-refractivity contribution is 6.29. The van der Waals surface area contributed by atoms with Gasteiger partial charge in [-0.1, -0.05) is 39.3 Å². The third kappa shape index (κ3) is 10.1. The van der Waals surface area contributed by atoms with E-state index in [9.17, 15) is 33.8 Å². The standard InChI is InChI=1S/C28H34FN5O4.C22H30ClN5O4/c1-18(2)21-15-22(19-5-7-20(29)8-6-19)31-34-16-23(30-24(21)34)25(35)33-12-11-32(17-27(33,3)4)26(36)28(37)9-13-38-14-10-28;1-14(2)15-11-17(23)25-28-12-16(24-18(15)28)19(29)27-8-7-26(13-21(27,3)4)20(30)22(31)5-9-32-10-6-22/h5-8,15-16,18,37H,9-14,17H2,1-4H3;11-12,14,31H,5-10,13H2,1-4H3. The molecule has 0 radical (unpaired) electrons. The van der Waals surface area contributed by atoms with Crippen LogP contribution in [0.5, 0.6) is 0 Å². The number of rotatable bonds is 7. The van der Waals surface area contributed by atoms with E-state index in [0.29, 0.717) is 101 Å². The van der Waals surface area contributed by atoms with Crippen molar-refractivity contribution in [3.05, 3.63) is 82.3 Å². The third-order valence-corrected chi connectivity index (χ3v) is 14.2. The molecule has 4 aliphatic rings. The van der Waals surface area contributed by atoms with Crippen molar-refractivity contribution in [1.82, 2.24) is 48.8 Å². The number of benzene rings is 1. The summed E-state index contributed by atoms with van der Waals surface area (Å²) >= 11 is 6.15. The molecule has 8 heterocycles. The number of piperazine rings is 2. The van der Waals surface area contributed by atoms with Gasteiger partial charge in [0, 0.05) is 108 Å². The Balaban J connectivity index is 0.000000191. The molecule has 4 saturated heterocycles. The zero-order chi connectivity index (χ0) is 50.5. The van der Waals surface area contributed by atoms with Crippen molar-refractivity contribution >= 4 is 46.5 Å². The molecule has 0 spiro atoms. The number of amides is 4. The lowest BCUT2D eigenvalue weighted by Gasteiger charge is -2.48. The van der Waals surface area contributed by atoms with Gasteiger partial charge < -0.3 is 39.3 Å². The highest BCUT2D eigenvalue weighted by Crippen LogP contribution is 2.32. The van der Waals surface area contributed by atoms with Crippen LogP contribution in [0.3, 0.4) is 0 Å². The highest BCUT2D eigenvalue weighted by Gasteiger charge is 2.48. The van der Waals surface area contributed by atoms with Crippen LogP contribution in [-0.4, -0.2) is 171 Å². The molecule has 4 aromatic heterocycles. The van der Waals surface area contributed by atoms with E-state index in [0.717, 1.165) is 16.7 Å². The number of halogens is 2. The van der Waals surface area contributed by atoms with Gasteiger partial charge in [0.25, 0.3) is 23.6 Å². The van der Waals surface area contributed by atoms with E-state index in [4.69, 9.17) is 21.1 Å². The molecule has 20 heteroatoms. The van der Waals surface area contributed by atoms with Crippen LogP contribution in [0.25, 0.3) is 22.6 Å². The van der Waals surface area contributed by atoms with E-state index in [2.05, 4.69) is 20.2 Å². The van der Waals surface area contributed by atoms with Crippen LogP contribution < -0.4 is 0 Å². The quantitative estimate of drug-likeness (QED) is 0.212. The highest BCUT2D eigenvalue weighted by atomic mass is 35.5. The number of hydrogen-bond donors (Lipinski definition) is 2. The summed E-state index contributed by atoms with van der Waals surface area (Å²) in [4.78, 5) is 69.4. The Morgan fingerprint density at radius 3 is 1.47 bits per heavy atom. The molecule has 4 fully saturated rings. The Kier molecular flexibility index (Phi) is 14.2. The van der Waals surface area contributed by atoms with Crippen LogP contribution in [-0.2, 0) is 19.1 Å². The molecular formula is C50H64ClFN10O8. The minimum atomic E-state index is -1.41. The summed E-state index contributed by atoms with van der Waals surface area (Å²) in [6.45, 7) is 19.3. The van der Waals surface area contributed by atoms with E-state index in [-0.39, 0.29) is 65.5 Å². The van der Waals surface area contributed by atoms with Crippen LogP contribution >= 0.6 is 11.6 Å². The number of ether oxygens (including phenoxy) is 2. The largest absolute Gasteiger partial charge is 0.381 e. The van der Waals surface area contributed by atoms with Crippen LogP contribution in [0.1, 0.15) is 125 Å². The molecule has 70 heavy (non-hydrogen) atoms. The molecule has 2 N–H and O–H groups in total. The van der Waals surface area contributed by atoms with E-state index in [1.54, 1.807) is 59.2 Å². The number of carbonyl (C=O) groups is 4.